The fourth-order valence-corrected chi connectivity index (χ4v) is 4.56. The van der Waals surface area contributed by atoms with Crippen LogP contribution in [0.2, 0.25) is 5.02 Å². The van der Waals surface area contributed by atoms with Gasteiger partial charge < -0.3 is 24.7 Å². The molecule has 7 nitrogen and oxygen atoms in total. The highest BCUT2D eigenvalue weighted by Gasteiger charge is 2.31. The summed E-state index contributed by atoms with van der Waals surface area (Å²) in [4.78, 5) is 12.7. The first-order valence-electron chi connectivity index (χ1n) is 12.0. The Labute approximate surface area is 230 Å². The lowest BCUT2D eigenvalue weighted by atomic mass is 9.83. The lowest BCUT2D eigenvalue weighted by Crippen LogP contribution is -2.21. The zero-order valence-electron chi connectivity index (χ0n) is 20.9. The quantitative estimate of drug-likeness (QED) is 0.215. The lowest BCUT2D eigenvalue weighted by Gasteiger charge is -2.26. The topological polar surface area (TPSA) is 104 Å². The molecule has 0 saturated carbocycles. The number of hydrogen-bond donors (Lipinski definition) is 1. The van der Waals surface area contributed by atoms with Crippen molar-refractivity contribution < 1.29 is 23.7 Å². The van der Waals surface area contributed by atoms with Crippen LogP contribution in [0.1, 0.15) is 33.0 Å². The van der Waals surface area contributed by atoms with E-state index in [0.717, 1.165) is 11.1 Å². The van der Waals surface area contributed by atoms with Gasteiger partial charge in [0.25, 0.3) is 0 Å². The Balaban J connectivity index is 1.37. The van der Waals surface area contributed by atoms with Gasteiger partial charge in [-0.05, 0) is 47.5 Å². The third-order valence-corrected chi connectivity index (χ3v) is 6.55. The minimum absolute atomic E-state index is 0.00943. The Morgan fingerprint density at radius 2 is 1.74 bits per heavy atom. The van der Waals surface area contributed by atoms with Crippen molar-refractivity contribution in [3.05, 3.63) is 130 Å². The number of methoxy groups -OCH3 is 1. The van der Waals surface area contributed by atoms with Crippen LogP contribution in [0.15, 0.2) is 102 Å². The van der Waals surface area contributed by atoms with Gasteiger partial charge in [-0.3, -0.25) is 0 Å². The largest absolute Gasteiger partial charge is 0.495 e. The second kappa shape index (κ2) is 11.2. The van der Waals surface area contributed by atoms with Crippen molar-refractivity contribution in [2.45, 2.75) is 12.5 Å². The molecule has 0 radical (unpaired) electrons. The molecule has 8 heteroatoms. The van der Waals surface area contributed by atoms with E-state index in [9.17, 15) is 10.1 Å². The van der Waals surface area contributed by atoms with E-state index in [0.29, 0.717) is 34.4 Å². The third kappa shape index (κ3) is 5.52. The van der Waals surface area contributed by atoms with Crippen LogP contribution in [0.4, 0.5) is 0 Å². The minimum atomic E-state index is -0.598. The number of allylic oxidation sites excluding steroid dienone is 1. The van der Waals surface area contributed by atoms with Gasteiger partial charge in [0, 0.05) is 11.6 Å². The van der Waals surface area contributed by atoms with Crippen molar-refractivity contribution in [3.63, 3.8) is 0 Å². The smallest absolute Gasteiger partial charge is 0.343 e. The molecule has 194 valence electrons. The maximum Gasteiger partial charge on any atom is 0.343 e. The third-order valence-electron chi connectivity index (χ3n) is 6.25. The van der Waals surface area contributed by atoms with E-state index in [4.69, 9.17) is 36.3 Å². The number of benzene rings is 4. The highest BCUT2D eigenvalue weighted by atomic mass is 35.5. The maximum absolute atomic E-state index is 12.7. The molecule has 0 aliphatic carbocycles. The summed E-state index contributed by atoms with van der Waals surface area (Å²) in [5, 5.41) is 10.2. The molecular weight excluding hydrogens is 516 g/mol. The normalized spacial score (nSPS) is 14.0. The highest BCUT2D eigenvalue weighted by Crippen LogP contribution is 2.43. The van der Waals surface area contributed by atoms with Crippen molar-refractivity contribution in [1.29, 1.82) is 5.26 Å². The van der Waals surface area contributed by atoms with Gasteiger partial charge in [0.1, 0.15) is 41.2 Å². The van der Waals surface area contributed by atoms with Gasteiger partial charge in [-0.1, -0.05) is 60.1 Å². The Morgan fingerprint density at radius 1 is 1.00 bits per heavy atom. The molecule has 39 heavy (non-hydrogen) atoms. The van der Waals surface area contributed by atoms with E-state index >= 15 is 0 Å². The molecule has 1 heterocycles. The Hall–Kier alpha value is -4.93. The van der Waals surface area contributed by atoms with Gasteiger partial charge >= 0.3 is 5.97 Å². The number of rotatable bonds is 7. The molecule has 0 amide bonds. The Morgan fingerprint density at radius 3 is 2.44 bits per heavy atom. The second-order valence-electron chi connectivity index (χ2n) is 8.71. The Kier molecular flexibility index (Phi) is 7.39. The fourth-order valence-electron chi connectivity index (χ4n) is 4.30. The van der Waals surface area contributed by atoms with Crippen LogP contribution in [0, 0.1) is 11.3 Å². The molecule has 1 atom stereocenters. The molecule has 0 fully saturated rings. The van der Waals surface area contributed by atoms with Gasteiger partial charge in [-0.15, -0.1) is 0 Å². The summed E-state index contributed by atoms with van der Waals surface area (Å²) < 4.78 is 22.3. The van der Waals surface area contributed by atoms with Gasteiger partial charge in [0.2, 0.25) is 5.88 Å². The van der Waals surface area contributed by atoms with Gasteiger partial charge in [0.15, 0.2) is 0 Å². The van der Waals surface area contributed by atoms with Crippen LogP contribution >= 0.6 is 11.6 Å². The average molecular weight is 539 g/mol. The van der Waals surface area contributed by atoms with Crippen molar-refractivity contribution in [1.82, 2.24) is 0 Å². The summed E-state index contributed by atoms with van der Waals surface area (Å²) in [5.41, 5.74) is 9.30. The van der Waals surface area contributed by atoms with E-state index in [-0.39, 0.29) is 22.8 Å². The number of esters is 1. The predicted molar refractivity (Wildman–Crippen MR) is 146 cm³/mol. The predicted octanol–water partition coefficient (Wildman–Crippen LogP) is 6.36. The molecule has 5 rings (SSSR count). The molecule has 1 aliphatic heterocycles. The van der Waals surface area contributed by atoms with Crippen molar-refractivity contribution >= 4 is 17.6 Å². The number of halogens is 1. The standard InChI is InChI=1S/C31H23ClN2O5/c1-36-27-14-9-21(15-26(27)32)31(35)38-23-12-13-24-28(16-23)39-30(34)25(17-33)29(24)20-7-10-22(11-8-20)37-18-19-5-3-2-4-6-19/h2-16,29H,18,34H2,1H3. The molecule has 2 N–H and O–H groups in total. The van der Waals surface area contributed by atoms with Crippen LogP contribution in [-0.2, 0) is 6.61 Å². The number of nitrogens with zero attached hydrogens (tertiary/aromatic N) is 1. The summed E-state index contributed by atoms with van der Waals surface area (Å²) in [6.07, 6.45) is 0. The lowest BCUT2D eigenvalue weighted by molar-refractivity contribution is 0.0734. The van der Waals surface area contributed by atoms with E-state index in [1.807, 2.05) is 54.6 Å². The molecule has 1 unspecified atom stereocenters. The minimum Gasteiger partial charge on any atom is -0.495 e. The molecule has 0 bridgehead atoms. The van der Waals surface area contributed by atoms with Gasteiger partial charge in [-0.25, -0.2) is 4.79 Å². The number of carbonyl (C=O) groups excluding carboxylic acids is 1. The number of carbonyl (C=O) groups is 1. The highest BCUT2D eigenvalue weighted by molar-refractivity contribution is 6.32. The zero-order valence-corrected chi connectivity index (χ0v) is 21.6. The Bertz CT molecular complexity index is 1590. The first-order chi connectivity index (χ1) is 19.0. The van der Waals surface area contributed by atoms with Crippen LogP contribution in [0.5, 0.6) is 23.0 Å². The van der Waals surface area contributed by atoms with Gasteiger partial charge in [0.05, 0.1) is 23.6 Å². The van der Waals surface area contributed by atoms with Crippen LogP contribution in [0.3, 0.4) is 0 Å². The van der Waals surface area contributed by atoms with E-state index in [1.165, 1.54) is 13.2 Å². The van der Waals surface area contributed by atoms with E-state index < -0.39 is 11.9 Å². The SMILES string of the molecule is COc1ccc(C(=O)Oc2ccc3c(c2)OC(N)=C(C#N)C3c2ccc(OCc3ccccc3)cc2)cc1Cl. The molecule has 0 aromatic heterocycles. The number of hydrogen-bond acceptors (Lipinski definition) is 7. The monoisotopic (exact) mass is 538 g/mol. The molecule has 4 aromatic carbocycles. The van der Waals surface area contributed by atoms with Crippen LogP contribution < -0.4 is 24.7 Å². The van der Waals surface area contributed by atoms with Crippen molar-refractivity contribution in [3.8, 4) is 29.1 Å². The summed E-state index contributed by atoms with van der Waals surface area (Å²) in [6, 6.07) is 29.2. The summed E-state index contributed by atoms with van der Waals surface area (Å²) in [7, 11) is 1.49. The molecule has 0 spiro atoms. The van der Waals surface area contributed by atoms with E-state index in [1.54, 1.807) is 30.3 Å². The van der Waals surface area contributed by atoms with Crippen molar-refractivity contribution in [2.24, 2.45) is 5.73 Å². The first kappa shape index (κ1) is 25.7. The molecule has 4 aromatic rings. The number of fused-ring (bicyclic) bond motifs is 1. The van der Waals surface area contributed by atoms with Crippen molar-refractivity contribution in [2.75, 3.05) is 7.11 Å². The van der Waals surface area contributed by atoms with Gasteiger partial charge in [-0.2, -0.15) is 5.26 Å². The summed E-state index contributed by atoms with van der Waals surface area (Å²) >= 11 is 6.14. The fraction of sp³-hybridized carbons (Fsp3) is 0.0968. The molecule has 0 saturated heterocycles. The first-order valence-corrected chi connectivity index (χ1v) is 12.4. The summed E-state index contributed by atoms with van der Waals surface area (Å²) in [6.45, 7) is 0.445. The second-order valence-corrected chi connectivity index (χ2v) is 9.11. The average Bonchev–Trinajstić information content (AvgIpc) is 2.96. The molecular formula is C31H23ClN2O5. The number of ether oxygens (including phenoxy) is 4. The summed E-state index contributed by atoms with van der Waals surface area (Å²) in [5.74, 6) is 0.719. The van der Waals surface area contributed by atoms with E-state index in [2.05, 4.69) is 6.07 Å². The number of nitrogens with two attached hydrogens (primary N) is 1. The maximum atomic E-state index is 12.7. The molecule has 1 aliphatic rings. The van der Waals surface area contributed by atoms with Crippen LogP contribution in [-0.4, -0.2) is 13.1 Å². The zero-order chi connectivity index (χ0) is 27.4. The number of nitriles is 1. The van der Waals surface area contributed by atoms with Crippen LogP contribution in [0.25, 0.3) is 0 Å².